The van der Waals surface area contributed by atoms with Crippen LogP contribution in [0.2, 0.25) is 0 Å². The summed E-state index contributed by atoms with van der Waals surface area (Å²) in [5.41, 5.74) is 2.66. The van der Waals surface area contributed by atoms with Crippen molar-refractivity contribution in [3.05, 3.63) is 64.5 Å². The molecule has 0 fully saturated rings. The molecular weight excluding hydrogens is 255 g/mol. The number of hydrogen-bond donors (Lipinski definition) is 1. The monoisotopic (exact) mass is 272 g/mol. The third kappa shape index (κ3) is 2.29. The minimum Gasteiger partial charge on any atom is -0.493 e. The van der Waals surface area contributed by atoms with Crippen molar-refractivity contribution in [2.24, 2.45) is 0 Å². The van der Waals surface area contributed by atoms with Crippen molar-refractivity contribution < 1.29 is 14.2 Å². The second kappa shape index (κ2) is 5.25. The van der Waals surface area contributed by atoms with Crippen molar-refractivity contribution in [1.82, 2.24) is 0 Å². The maximum Gasteiger partial charge on any atom is 0.132 e. The van der Waals surface area contributed by atoms with Gasteiger partial charge in [0.2, 0.25) is 0 Å². The first-order valence-corrected chi connectivity index (χ1v) is 6.85. The lowest BCUT2D eigenvalue weighted by atomic mass is 9.95. The minimum absolute atomic E-state index is 0.321. The van der Waals surface area contributed by atoms with Crippen LogP contribution in [0, 0.1) is 12.7 Å². The van der Waals surface area contributed by atoms with Crippen LogP contribution in [0.3, 0.4) is 0 Å². The van der Waals surface area contributed by atoms with E-state index in [0.717, 1.165) is 30.8 Å². The number of aliphatic hydroxyl groups is 1. The van der Waals surface area contributed by atoms with Crippen molar-refractivity contribution in [2.45, 2.75) is 25.9 Å². The maximum atomic E-state index is 14.1. The number of fused-ring (bicyclic) bond motifs is 1. The van der Waals surface area contributed by atoms with Gasteiger partial charge in [0.05, 0.1) is 6.61 Å². The topological polar surface area (TPSA) is 29.5 Å². The number of rotatable bonds is 2. The van der Waals surface area contributed by atoms with E-state index in [0.29, 0.717) is 16.7 Å². The first kappa shape index (κ1) is 13.1. The molecule has 0 spiro atoms. The zero-order valence-electron chi connectivity index (χ0n) is 11.4. The Morgan fingerprint density at radius 2 is 2.10 bits per heavy atom. The Morgan fingerprint density at radius 3 is 2.95 bits per heavy atom. The molecule has 20 heavy (non-hydrogen) atoms. The Morgan fingerprint density at radius 1 is 1.25 bits per heavy atom. The van der Waals surface area contributed by atoms with Gasteiger partial charge in [0.25, 0.3) is 0 Å². The summed E-state index contributed by atoms with van der Waals surface area (Å²) in [6.45, 7) is 2.44. The summed E-state index contributed by atoms with van der Waals surface area (Å²) in [7, 11) is 0. The number of halogens is 1. The van der Waals surface area contributed by atoms with E-state index in [1.54, 1.807) is 31.2 Å². The zero-order chi connectivity index (χ0) is 14.1. The first-order chi connectivity index (χ1) is 9.66. The summed E-state index contributed by atoms with van der Waals surface area (Å²) in [5.74, 6) is 0.533. The van der Waals surface area contributed by atoms with Gasteiger partial charge in [0, 0.05) is 5.56 Å². The SMILES string of the molecule is Cc1cccc(C(O)c2ccc3c(c2)CCCO3)c1F. The van der Waals surface area contributed by atoms with Crippen LogP contribution in [0.1, 0.15) is 34.8 Å². The van der Waals surface area contributed by atoms with E-state index in [1.165, 1.54) is 0 Å². The highest BCUT2D eigenvalue weighted by molar-refractivity contribution is 5.42. The summed E-state index contributed by atoms with van der Waals surface area (Å²) in [6, 6.07) is 10.7. The van der Waals surface area contributed by atoms with Crippen molar-refractivity contribution >= 4 is 0 Å². The van der Waals surface area contributed by atoms with Crippen molar-refractivity contribution in [3.8, 4) is 5.75 Å². The highest BCUT2D eigenvalue weighted by Crippen LogP contribution is 2.31. The number of aryl methyl sites for hydroxylation is 2. The lowest BCUT2D eigenvalue weighted by Crippen LogP contribution is -2.10. The van der Waals surface area contributed by atoms with Crippen LogP contribution in [-0.4, -0.2) is 11.7 Å². The molecule has 2 nitrogen and oxygen atoms in total. The van der Waals surface area contributed by atoms with Crippen molar-refractivity contribution in [2.75, 3.05) is 6.61 Å². The van der Waals surface area contributed by atoms with Gasteiger partial charge >= 0.3 is 0 Å². The molecule has 0 aromatic heterocycles. The largest absolute Gasteiger partial charge is 0.493 e. The van der Waals surface area contributed by atoms with Gasteiger partial charge < -0.3 is 9.84 Å². The molecule has 0 saturated heterocycles. The Bertz CT molecular complexity index is 637. The lowest BCUT2D eigenvalue weighted by molar-refractivity contribution is 0.214. The number of hydrogen-bond acceptors (Lipinski definition) is 2. The van der Waals surface area contributed by atoms with Crippen molar-refractivity contribution in [1.29, 1.82) is 0 Å². The molecule has 104 valence electrons. The van der Waals surface area contributed by atoms with Crippen LogP contribution in [0.5, 0.6) is 5.75 Å². The van der Waals surface area contributed by atoms with Gasteiger partial charge in [-0.2, -0.15) is 0 Å². The summed E-state index contributed by atoms with van der Waals surface area (Å²) < 4.78 is 19.6. The van der Waals surface area contributed by atoms with Gasteiger partial charge in [-0.1, -0.05) is 24.3 Å². The normalized spacial score (nSPS) is 15.3. The second-order valence-corrected chi connectivity index (χ2v) is 5.20. The zero-order valence-corrected chi connectivity index (χ0v) is 11.4. The summed E-state index contributed by atoms with van der Waals surface area (Å²) in [6.07, 6.45) is 0.972. The molecule has 3 heteroatoms. The van der Waals surface area contributed by atoms with Crippen LogP contribution in [-0.2, 0) is 6.42 Å². The predicted octanol–water partition coefficient (Wildman–Crippen LogP) is 3.54. The van der Waals surface area contributed by atoms with Gasteiger partial charge in [-0.15, -0.1) is 0 Å². The lowest BCUT2D eigenvalue weighted by Gasteiger charge is -2.20. The van der Waals surface area contributed by atoms with Gasteiger partial charge in [0.15, 0.2) is 0 Å². The Labute approximate surface area is 117 Å². The number of aliphatic hydroxyl groups excluding tert-OH is 1. The molecule has 0 saturated carbocycles. The molecule has 1 atom stereocenters. The Hall–Kier alpha value is -1.87. The van der Waals surface area contributed by atoms with Gasteiger partial charge in [0.1, 0.15) is 17.7 Å². The molecule has 0 amide bonds. The molecule has 0 radical (unpaired) electrons. The van der Waals surface area contributed by atoms with E-state index < -0.39 is 6.10 Å². The molecule has 1 heterocycles. The fourth-order valence-electron chi connectivity index (χ4n) is 2.61. The Kier molecular flexibility index (Phi) is 3.45. The van der Waals surface area contributed by atoms with Crippen LogP contribution < -0.4 is 4.74 Å². The average Bonchev–Trinajstić information content (AvgIpc) is 2.49. The molecule has 1 aliphatic rings. The van der Waals surface area contributed by atoms with Crippen LogP contribution in [0.25, 0.3) is 0 Å². The standard InChI is InChI=1S/C17H17FO2/c1-11-4-2-6-14(16(11)18)17(19)13-7-8-15-12(10-13)5-3-9-20-15/h2,4,6-8,10,17,19H,3,5,9H2,1H3. The predicted molar refractivity (Wildman–Crippen MR) is 75.5 cm³/mol. The summed E-state index contributed by atoms with van der Waals surface area (Å²) >= 11 is 0. The van der Waals surface area contributed by atoms with E-state index in [2.05, 4.69) is 0 Å². The van der Waals surface area contributed by atoms with Gasteiger partial charge in [-0.25, -0.2) is 4.39 Å². The molecule has 0 bridgehead atoms. The quantitative estimate of drug-likeness (QED) is 0.906. The van der Waals surface area contributed by atoms with Crippen LogP contribution >= 0.6 is 0 Å². The fourth-order valence-corrected chi connectivity index (χ4v) is 2.61. The molecular formula is C17H17FO2. The highest BCUT2D eigenvalue weighted by atomic mass is 19.1. The first-order valence-electron chi connectivity index (χ1n) is 6.85. The number of ether oxygens (including phenoxy) is 1. The van der Waals surface area contributed by atoms with Crippen LogP contribution in [0.4, 0.5) is 4.39 Å². The molecule has 1 aliphatic heterocycles. The molecule has 3 rings (SSSR count). The third-order valence-electron chi connectivity index (χ3n) is 3.76. The van der Waals surface area contributed by atoms with Crippen LogP contribution in [0.15, 0.2) is 36.4 Å². The van der Waals surface area contributed by atoms with E-state index >= 15 is 0 Å². The average molecular weight is 272 g/mol. The van der Waals surface area contributed by atoms with E-state index in [4.69, 9.17) is 4.74 Å². The van der Waals surface area contributed by atoms with Crippen molar-refractivity contribution in [3.63, 3.8) is 0 Å². The smallest absolute Gasteiger partial charge is 0.132 e. The van der Waals surface area contributed by atoms with E-state index in [-0.39, 0.29) is 5.82 Å². The third-order valence-corrected chi connectivity index (χ3v) is 3.76. The van der Waals surface area contributed by atoms with Gasteiger partial charge in [-0.3, -0.25) is 0 Å². The maximum absolute atomic E-state index is 14.1. The molecule has 1 unspecified atom stereocenters. The molecule has 0 aliphatic carbocycles. The fraction of sp³-hybridized carbons (Fsp3) is 0.294. The van der Waals surface area contributed by atoms with Gasteiger partial charge in [-0.05, 0) is 48.6 Å². The molecule has 2 aromatic carbocycles. The minimum atomic E-state index is -0.942. The Balaban J connectivity index is 1.98. The van der Waals surface area contributed by atoms with E-state index in [9.17, 15) is 9.50 Å². The second-order valence-electron chi connectivity index (χ2n) is 5.20. The molecule has 1 N–H and O–H groups in total. The van der Waals surface area contributed by atoms with E-state index in [1.807, 2.05) is 12.1 Å². The molecule has 2 aromatic rings. The summed E-state index contributed by atoms with van der Waals surface area (Å²) in [5, 5.41) is 10.4. The number of benzene rings is 2. The highest BCUT2D eigenvalue weighted by Gasteiger charge is 2.18. The summed E-state index contributed by atoms with van der Waals surface area (Å²) in [4.78, 5) is 0.